The summed E-state index contributed by atoms with van der Waals surface area (Å²) in [5.41, 5.74) is 8.50. The van der Waals surface area contributed by atoms with Gasteiger partial charge >= 0.3 is 0 Å². The standard InChI is InChI=1S/C12H17N/c1-12(2,9-7-8-9)10-5-3-4-6-11(10)13/h3-6,9H,7-8,13H2,1-2H3. The van der Waals surface area contributed by atoms with Crippen LogP contribution in [0.3, 0.4) is 0 Å². The average Bonchev–Trinajstić information content (AvgIpc) is 2.86. The highest BCUT2D eigenvalue weighted by Crippen LogP contribution is 2.48. The van der Waals surface area contributed by atoms with E-state index in [9.17, 15) is 0 Å². The third-order valence-electron chi connectivity index (χ3n) is 3.25. The van der Waals surface area contributed by atoms with Gasteiger partial charge in [-0.25, -0.2) is 0 Å². The van der Waals surface area contributed by atoms with Gasteiger partial charge in [0.1, 0.15) is 0 Å². The van der Waals surface area contributed by atoms with Crippen molar-refractivity contribution in [3.63, 3.8) is 0 Å². The van der Waals surface area contributed by atoms with Gasteiger partial charge in [-0.05, 0) is 35.8 Å². The van der Waals surface area contributed by atoms with Gasteiger partial charge in [0.05, 0.1) is 0 Å². The van der Waals surface area contributed by atoms with Crippen molar-refractivity contribution >= 4 is 5.69 Å². The molecule has 2 N–H and O–H groups in total. The highest BCUT2D eigenvalue weighted by molar-refractivity contribution is 5.50. The SMILES string of the molecule is CC(C)(c1ccccc1N)C1CC1. The van der Waals surface area contributed by atoms with Crippen molar-refractivity contribution in [1.82, 2.24) is 0 Å². The monoisotopic (exact) mass is 175 g/mol. The van der Waals surface area contributed by atoms with Gasteiger partial charge < -0.3 is 5.73 Å². The van der Waals surface area contributed by atoms with E-state index in [0.29, 0.717) is 0 Å². The lowest BCUT2D eigenvalue weighted by molar-refractivity contribution is 0.456. The van der Waals surface area contributed by atoms with Gasteiger partial charge in [0.25, 0.3) is 0 Å². The first-order valence-electron chi connectivity index (χ1n) is 4.97. The molecule has 1 fully saturated rings. The van der Waals surface area contributed by atoms with Crippen LogP contribution in [0.1, 0.15) is 32.3 Å². The van der Waals surface area contributed by atoms with Gasteiger partial charge in [0, 0.05) is 5.69 Å². The topological polar surface area (TPSA) is 26.0 Å². The normalized spacial score (nSPS) is 17.4. The minimum absolute atomic E-state index is 0.269. The van der Waals surface area contributed by atoms with Crippen LogP contribution in [-0.2, 0) is 5.41 Å². The van der Waals surface area contributed by atoms with Crippen molar-refractivity contribution in [3.8, 4) is 0 Å². The van der Waals surface area contributed by atoms with E-state index in [1.54, 1.807) is 0 Å². The average molecular weight is 175 g/mol. The Kier molecular flexibility index (Phi) is 1.83. The molecule has 1 nitrogen and oxygen atoms in total. The molecule has 1 aromatic rings. The second-order valence-electron chi connectivity index (χ2n) is 4.58. The second kappa shape index (κ2) is 2.76. The quantitative estimate of drug-likeness (QED) is 0.687. The molecule has 70 valence electrons. The lowest BCUT2D eigenvalue weighted by atomic mass is 9.79. The molecule has 0 saturated heterocycles. The number of hydrogen-bond acceptors (Lipinski definition) is 1. The summed E-state index contributed by atoms with van der Waals surface area (Å²) in [4.78, 5) is 0. The Labute approximate surface area is 80.0 Å². The van der Waals surface area contributed by atoms with Gasteiger partial charge in [-0.2, -0.15) is 0 Å². The first-order chi connectivity index (χ1) is 6.12. The molecule has 0 amide bonds. The molecule has 1 aliphatic rings. The van der Waals surface area contributed by atoms with Gasteiger partial charge in [-0.3, -0.25) is 0 Å². The fourth-order valence-electron chi connectivity index (χ4n) is 2.11. The summed E-state index contributed by atoms with van der Waals surface area (Å²) in [5.74, 6) is 0.845. The van der Waals surface area contributed by atoms with E-state index < -0.39 is 0 Å². The minimum Gasteiger partial charge on any atom is -0.398 e. The van der Waals surface area contributed by atoms with E-state index >= 15 is 0 Å². The number of nitrogen functional groups attached to an aromatic ring is 1. The molecule has 0 bridgehead atoms. The molecule has 1 aromatic carbocycles. The zero-order valence-electron chi connectivity index (χ0n) is 8.38. The Morgan fingerprint density at radius 1 is 1.23 bits per heavy atom. The van der Waals surface area contributed by atoms with Crippen molar-refractivity contribution in [2.24, 2.45) is 5.92 Å². The molecule has 0 radical (unpaired) electrons. The van der Waals surface area contributed by atoms with E-state index in [-0.39, 0.29) is 5.41 Å². The Bertz CT molecular complexity index is 311. The molecule has 0 aromatic heterocycles. The highest BCUT2D eigenvalue weighted by atomic mass is 14.6. The van der Waals surface area contributed by atoms with Crippen molar-refractivity contribution in [3.05, 3.63) is 29.8 Å². The molecule has 0 atom stereocenters. The lowest BCUT2D eigenvalue weighted by Crippen LogP contribution is -2.21. The van der Waals surface area contributed by atoms with Crippen LogP contribution in [0.15, 0.2) is 24.3 Å². The highest BCUT2D eigenvalue weighted by Gasteiger charge is 2.39. The van der Waals surface area contributed by atoms with Crippen molar-refractivity contribution in [2.45, 2.75) is 32.1 Å². The van der Waals surface area contributed by atoms with Gasteiger partial charge in [-0.1, -0.05) is 32.0 Å². The molecule has 13 heavy (non-hydrogen) atoms. The zero-order chi connectivity index (χ0) is 9.47. The van der Waals surface area contributed by atoms with E-state index in [0.717, 1.165) is 11.6 Å². The fourth-order valence-corrected chi connectivity index (χ4v) is 2.11. The van der Waals surface area contributed by atoms with Crippen LogP contribution in [0, 0.1) is 5.92 Å². The third-order valence-corrected chi connectivity index (χ3v) is 3.25. The molecule has 2 rings (SSSR count). The van der Waals surface area contributed by atoms with Crippen molar-refractivity contribution in [2.75, 3.05) is 5.73 Å². The summed E-state index contributed by atoms with van der Waals surface area (Å²) in [6.45, 7) is 4.60. The molecule has 0 heterocycles. The fraction of sp³-hybridized carbons (Fsp3) is 0.500. The molecule has 1 saturated carbocycles. The van der Waals surface area contributed by atoms with Crippen LogP contribution in [0.4, 0.5) is 5.69 Å². The summed E-state index contributed by atoms with van der Waals surface area (Å²) in [6, 6.07) is 8.24. The first kappa shape index (κ1) is 8.61. The molecule has 0 aliphatic heterocycles. The molecular formula is C12H17N. The second-order valence-corrected chi connectivity index (χ2v) is 4.58. The van der Waals surface area contributed by atoms with Crippen LogP contribution in [-0.4, -0.2) is 0 Å². The number of nitrogens with two attached hydrogens (primary N) is 1. The molecule has 0 unspecified atom stereocenters. The number of hydrogen-bond donors (Lipinski definition) is 1. The molecule has 1 heteroatoms. The van der Waals surface area contributed by atoms with Gasteiger partial charge in [0.2, 0.25) is 0 Å². The Hall–Kier alpha value is -0.980. The zero-order valence-corrected chi connectivity index (χ0v) is 8.38. The summed E-state index contributed by atoms with van der Waals surface area (Å²) >= 11 is 0. The van der Waals surface area contributed by atoms with Crippen LogP contribution in [0.2, 0.25) is 0 Å². The van der Waals surface area contributed by atoms with E-state index in [4.69, 9.17) is 5.73 Å². The molecule has 0 spiro atoms. The summed E-state index contributed by atoms with van der Waals surface area (Å²) < 4.78 is 0. The van der Waals surface area contributed by atoms with Crippen LogP contribution in [0.25, 0.3) is 0 Å². The maximum Gasteiger partial charge on any atom is 0.0352 e. The molecular weight excluding hydrogens is 158 g/mol. The number of rotatable bonds is 2. The number of benzene rings is 1. The number of para-hydroxylation sites is 1. The summed E-state index contributed by atoms with van der Waals surface area (Å²) in [5, 5.41) is 0. The predicted molar refractivity (Wildman–Crippen MR) is 56.6 cm³/mol. The summed E-state index contributed by atoms with van der Waals surface area (Å²) in [7, 11) is 0. The Morgan fingerprint density at radius 2 is 1.85 bits per heavy atom. The van der Waals surface area contributed by atoms with Crippen molar-refractivity contribution < 1.29 is 0 Å². The maximum absolute atomic E-state index is 5.97. The maximum atomic E-state index is 5.97. The van der Waals surface area contributed by atoms with Crippen LogP contribution >= 0.6 is 0 Å². The Morgan fingerprint density at radius 3 is 2.38 bits per heavy atom. The summed E-state index contributed by atoms with van der Waals surface area (Å²) in [6.07, 6.45) is 2.72. The van der Waals surface area contributed by atoms with E-state index in [1.807, 2.05) is 12.1 Å². The predicted octanol–water partition coefficient (Wildman–Crippen LogP) is 2.96. The van der Waals surface area contributed by atoms with Crippen LogP contribution in [0.5, 0.6) is 0 Å². The van der Waals surface area contributed by atoms with Gasteiger partial charge in [-0.15, -0.1) is 0 Å². The Balaban J connectivity index is 2.38. The van der Waals surface area contributed by atoms with Crippen LogP contribution < -0.4 is 5.73 Å². The van der Waals surface area contributed by atoms with E-state index in [1.165, 1.54) is 18.4 Å². The minimum atomic E-state index is 0.269. The third kappa shape index (κ3) is 1.43. The lowest BCUT2D eigenvalue weighted by Gasteiger charge is -2.26. The van der Waals surface area contributed by atoms with E-state index in [2.05, 4.69) is 26.0 Å². The van der Waals surface area contributed by atoms with Gasteiger partial charge in [0.15, 0.2) is 0 Å². The number of anilines is 1. The molecule has 1 aliphatic carbocycles. The smallest absolute Gasteiger partial charge is 0.0352 e. The first-order valence-corrected chi connectivity index (χ1v) is 4.97. The largest absolute Gasteiger partial charge is 0.398 e. The van der Waals surface area contributed by atoms with Crippen molar-refractivity contribution in [1.29, 1.82) is 0 Å².